The predicted octanol–water partition coefficient (Wildman–Crippen LogP) is 4.15. The number of carbonyl (C=O) groups excluding carboxylic acids is 2. The zero-order chi connectivity index (χ0) is 16.8. The highest BCUT2D eigenvalue weighted by molar-refractivity contribution is 9.10. The van der Waals surface area contributed by atoms with Crippen molar-refractivity contribution in [2.75, 3.05) is 10.6 Å². The van der Waals surface area contributed by atoms with Crippen molar-refractivity contribution >= 4 is 39.1 Å². The van der Waals surface area contributed by atoms with Crippen molar-refractivity contribution in [1.29, 1.82) is 0 Å². The third-order valence-electron chi connectivity index (χ3n) is 3.36. The van der Waals surface area contributed by atoms with Crippen molar-refractivity contribution in [2.24, 2.45) is 0 Å². The summed E-state index contributed by atoms with van der Waals surface area (Å²) in [5.74, 6) is -0.219. The van der Waals surface area contributed by atoms with Gasteiger partial charge in [0.15, 0.2) is 0 Å². The number of hydrogen-bond acceptors (Lipinski definition) is 2. The maximum Gasteiger partial charge on any atom is 0.228 e. The van der Waals surface area contributed by atoms with Gasteiger partial charge in [-0.2, -0.15) is 0 Å². The maximum absolute atomic E-state index is 12.3. The van der Waals surface area contributed by atoms with E-state index < -0.39 is 0 Å². The molecule has 0 aliphatic carbocycles. The third-order valence-corrected chi connectivity index (χ3v) is 3.89. The summed E-state index contributed by atoms with van der Waals surface area (Å²) in [5, 5.41) is 5.67. The molecule has 0 radical (unpaired) electrons. The average Bonchev–Trinajstić information content (AvgIpc) is 2.49. The number of anilines is 2. The molecule has 0 unspecified atom stereocenters. The van der Waals surface area contributed by atoms with Crippen LogP contribution in [-0.4, -0.2) is 11.8 Å². The van der Waals surface area contributed by atoms with E-state index >= 15 is 0 Å². The molecule has 0 saturated heterocycles. The third kappa shape index (κ3) is 5.21. The lowest BCUT2D eigenvalue weighted by molar-refractivity contribution is -0.116. The SMILES string of the molecule is CCc1ccc(NC(C)=O)cc1NC(=O)Cc1ccc(Br)cc1. The molecule has 2 amide bonds. The molecule has 2 aromatic carbocycles. The molecule has 0 fully saturated rings. The van der Waals surface area contributed by atoms with Crippen LogP contribution < -0.4 is 10.6 Å². The Hall–Kier alpha value is -2.14. The van der Waals surface area contributed by atoms with Gasteiger partial charge in [0.2, 0.25) is 11.8 Å². The number of benzene rings is 2. The summed E-state index contributed by atoms with van der Waals surface area (Å²) in [7, 11) is 0. The smallest absolute Gasteiger partial charge is 0.228 e. The highest BCUT2D eigenvalue weighted by Crippen LogP contribution is 2.22. The topological polar surface area (TPSA) is 58.2 Å². The van der Waals surface area contributed by atoms with Crippen LogP contribution in [0.1, 0.15) is 25.0 Å². The molecule has 0 saturated carbocycles. The van der Waals surface area contributed by atoms with Gasteiger partial charge in [-0.25, -0.2) is 0 Å². The summed E-state index contributed by atoms with van der Waals surface area (Å²) in [6.07, 6.45) is 1.11. The van der Waals surface area contributed by atoms with E-state index in [9.17, 15) is 9.59 Å². The number of amides is 2. The predicted molar refractivity (Wildman–Crippen MR) is 96.6 cm³/mol. The lowest BCUT2D eigenvalue weighted by Crippen LogP contribution is -2.16. The Labute approximate surface area is 144 Å². The Morgan fingerprint density at radius 2 is 1.74 bits per heavy atom. The van der Waals surface area contributed by atoms with Crippen molar-refractivity contribution in [2.45, 2.75) is 26.7 Å². The van der Waals surface area contributed by atoms with Gasteiger partial charge >= 0.3 is 0 Å². The Bertz CT molecular complexity index is 711. The summed E-state index contributed by atoms with van der Waals surface area (Å²) in [5.41, 5.74) is 3.39. The fourth-order valence-corrected chi connectivity index (χ4v) is 2.53. The van der Waals surface area contributed by atoms with Crippen LogP contribution in [0.2, 0.25) is 0 Å². The zero-order valence-corrected chi connectivity index (χ0v) is 14.7. The molecule has 120 valence electrons. The van der Waals surface area contributed by atoms with E-state index in [4.69, 9.17) is 0 Å². The standard InChI is InChI=1S/C18H19BrN2O2/c1-3-14-6-9-16(20-12(2)22)11-17(14)21-18(23)10-13-4-7-15(19)8-5-13/h4-9,11H,3,10H2,1-2H3,(H,20,22)(H,21,23). The first-order valence-corrected chi connectivity index (χ1v) is 8.22. The number of nitrogens with one attached hydrogen (secondary N) is 2. The average molecular weight is 375 g/mol. The molecule has 2 aromatic rings. The fraction of sp³-hybridized carbons (Fsp3) is 0.222. The lowest BCUT2D eigenvalue weighted by atomic mass is 10.1. The number of hydrogen-bond donors (Lipinski definition) is 2. The van der Waals surface area contributed by atoms with E-state index in [0.29, 0.717) is 12.1 Å². The van der Waals surface area contributed by atoms with Gasteiger partial charge in [-0.3, -0.25) is 9.59 Å². The highest BCUT2D eigenvalue weighted by atomic mass is 79.9. The Morgan fingerprint density at radius 1 is 1.04 bits per heavy atom. The van der Waals surface area contributed by atoms with Gasteiger partial charge in [0.1, 0.15) is 0 Å². The first-order chi connectivity index (χ1) is 11.0. The monoisotopic (exact) mass is 374 g/mol. The Balaban J connectivity index is 2.12. The molecule has 0 atom stereocenters. The van der Waals surface area contributed by atoms with Crippen LogP contribution in [0.4, 0.5) is 11.4 Å². The van der Waals surface area contributed by atoms with Gasteiger partial charge in [-0.05, 0) is 41.8 Å². The molecule has 2 N–H and O–H groups in total. The summed E-state index contributed by atoms with van der Waals surface area (Å²) in [6.45, 7) is 3.48. The molecule has 4 nitrogen and oxygen atoms in total. The quantitative estimate of drug-likeness (QED) is 0.825. The molecule has 0 heterocycles. The van der Waals surface area contributed by atoms with E-state index in [-0.39, 0.29) is 11.8 Å². The van der Waals surface area contributed by atoms with Crippen LogP contribution in [-0.2, 0) is 22.4 Å². The van der Waals surface area contributed by atoms with Crippen LogP contribution in [0, 0.1) is 0 Å². The molecule has 0 spiro atoms. The molecule has 2 rings (SSSR count). The number of halogens is 1. The minimum Gasteiger partial charge on any atom is -0.326 e. The molecular formula is C18H19BrN2O2. The molecule has 23 heavy (non-hydrogen) atoms. The summed E-state index contributed by atoms with van der Waals surface area (Å²) in [6, 6.07) is 13.2. The van der Waals surface area contributed by atoms with Crippen molar-refractivity contribution in [3.05, 3.63) is 58.1 Å². The largest absolute Gasteiger partial charge is 0.326 e. The highest BCUT2D eigenvalue weighted by Gasteiger charge is 2.09. The van der Waals surface area contributed by atoms with E-state index in [1.165, 1.54) is 6.92 Å². The summed E-state index contributed by atoms with van der Waals surface area (Å²) < 4.78 is 0.984. The van der Waals surface area contributed by atoms with Crippen molar-refractivity contribution in [3.8, 4) is 0 Å². The van der Waals surface area contributed by atoms with E-state index in [1.54, 1.807) is 6.07 Å². The van der Waals surface area contributed by atoms with Crippen molar-refractivity contribution < 1.29 is 9.59 Å². The van der Waals surface area contributed by atoms with Crippen LogP contribution in [0.3, 0.4) is 0 Å². The van der Waals surface area contributed by atoms with Crippen LogP contribution in [0.15, 0.2) is 46.9 Å². The van der Waals surface area contributed by atoms with Crippen molar-refractivity contribution in [1.82, 2.24) is 0 Å². The molecule has 0 aliphatic heterocycles. The Morgan fingerprint density at radius 3 is 2.35 bits per heavy atom. The molecular weight excluding hydrogens is 356 g/mol. The molecule has 0 aromatic heterocycles. The summed E-state index contributed by atoms with van der Waals surface area (Å²) in [4.78, 5) is 23.4. The van der Waals surface area contributed by atoms with Gasteiger partial charge in [-0.1, -0.05) is 41.1 Å². The van der Waals surface area contributed by atoms with Crippen molar-refractivity contribution in [3.63, 3.8) is 0 Å². The number of carbonyl (C=O) groups is 2. The second-order valence-electron chi connectivity index (χ2n) is 5.26. The fourth-order valence-electron chi connectivity index (χ4n) is 2.26. The maximum atomic E-state index is 12.3. The minimum atomic E-state index is -0.138. The summed E-state index contributed by atoms with van der Waals surface area (Å²) >= 11 is 3.38. The minimum absolute atomic E-state index is 0.0815. The first kappa shape index (κ1) is 17.2. The molecule has 0 aliphatic rings. The van der Waals surface area contributed by atoms with E-state index in [2.05, 4.69) is 26.6 Å². The van der Waals surface area contributed by atoms with Crippen LogP contribution >= 0.6 is 15.9 Å². The Kier molecular flexibility index (Phi) is 5.93. The number of rotatable bonds is 5. The van der Waals surface area contributed by atoms with E-state index in [1.807, 2.05) is 43.3 Å². The van der Waals surface area contributed by atoms with Gasteiger partial charge in [0.25, 0.3) is 0 Å². The van der Waals surface area contributed by atoms with E-state index in [0.717, 1.165) is 27.7 Å². The normalized spacial score (nSPS) is 10.2. The van der Waals surface area contributed by atoms with Crippen LogP contribution in [0.25, 0.3) is 0 Å². The number of aryl methyl sites for hydroxylation is 1. The van der Waals surface area contributed by atoms with Crippen LogP contribution in [0.5, 0.6) is 0 Å². The zero-order valence-electron chi connectivity index (χ0n) is 13.2. The van der Waals surface area contributed by atoms with Gasteiger partial charge in [0.05, 0.1) is 6.42 Å². The second-order valence-corrected chi connectivity index (χ2v) is 6.17. The first-order valence-electron chi connectivity index (χ1n) is 7.42. The lowest BCUT2D eigenvalue weighted by Gasteiger charge is -2.12. The second kappa shape index (κ2) is 7.92. The van der Waals surface area contributed by atoms with Gasteiger partial charge < -0.3 is 10.6 Å². The van der Waals surface area contributed by atoms with Gasteiger partial charge in [-0.15, -0.1) is 0 Å². The molecule has 0 bridgehead atoms. The van der Waals surface area contributed by atoms with Gasteiger partial charge in [0, 0.05) is 22.8 Å². The molecule has 5 heteroatoms.